The van der Waals surface area contributed by atoms with Crippen LogP contribution < -0.4 is 10.1 Å². The number of hydrogen-bond donors (Lipinski definition) is 1. The Labute approximate surface area is 140 Å². The van der Waals surface area contributed by atoms with Crippen LogP contribution in [0.25, 0.3) is 0 Å². The molecule has 1 saturated heterocycles. The lowest BCUT2D eigenvalue weighted by molar-refractivity contribution is 0.271. The van der Waals surface area contributed by atoms with Gasteiger partial charge in [0.25, 0.3) is 0 Å². The highest BCUT2D eigenvalue weighted by Gasteiger charge is 2.34. The minimum Gasteiger partial charge on any atom is -0.481 e. The smallest absolute Gasteiger partial charge is 0.245 e. The van der Waals surface area contributed by atoms with Crippen LogP contribution in [0.3, 0.4) is 0 Å². The lowest BCUT2D eigenvalue weighted by atomic mass is 10.1. The largest absolute Gasteiger partial charge is 0.481 e. The van der Waals surface area contributed by atoms with Crippen molar-refractivity contribution in [2.45, 2.75) is 10.9 Å². The topological polar surface area (TPSA) is 71.5 Å². The molecule has 2 aromatic rings. The molecular formula is C16H18FN3O3S. The summed E-state index contributed by atoms with van der Waals surface area (Å²) in [5.74, 6) is -0.0440. The number of rotatable bonds is 4. The van der Waals surface area contributed by atoms with E-state index < -0.39 is 16.1 Å². The second kappa shape index (κ2) is 6.84. The van der Waals surface area contributed by atoms with Crippen LogP contribution in [0.4, 0.5) is 4.39 Å². The van der Waals surface area contributed by atoms with Gasteiger partial charge in [-0.1, -0.05) is 12.1 Å². The Balaban J connectivity index is 1.96. The van der Waals surface area contributed by atoms with Gasteiger partial charge in [0, 0.05) is 25.7 Å². The molecule has 0 bridgehead atoms. The lowest BCUT2D eigenvalue weighted by Gasteiger charge is -2.35. The number of nitrogens with zero attached hydrogens (tertiary/aromatic N) is 2. The maximum absolute atomic E-state index is 13.5. The third kappa shape index (κ3) is 3.26. The predicted molar refractivity (Wildman–Crippen MR) is 86.7 cm³/mol. The van der Waals surface area contributed by atoms with Gasteiger partial charge in [-0.05, 0) is 23.8 Å². The summed E-state index contributed by atoms with van der Waals surface area (Å²) in [6.45, 7) is 1.26. The molecule has 0 radical (unpaired) electrons. The third-order valence-electron chi connectivity index (χ3n) is 3.95. The first kappa shape index (κ1) is 16.8. The highest BCUT2D eigenvalue weighted by Crippen LogP contribution is 2.29. The van der Waals surface area contributed by atoms with Gasteiger partial charge in [0.15, 0.2) is 0 Å². The van der Waals surface area contributed by atoms with E-state index in [1.165, 1.54) is 41.9 Å². The van der Waals surface area contributed by atoms with Crippen LogP contribution in [0.1, 0.15) is 11.6 Å². The summed E-state index contributed by atoms with van der Waals surface area (Å²) in [5.41, 5.74) is 0.618. The normalized spacial score (nSPS) is 19.2. The molecule has 128 valence electrons. The zero-order valence-corrected chi connectivity index (χ0v) is 14.0. The number of halogens is 1. The fourth-order valence-electron chi connectivity index (χ4n) is 2.75. The van der Waals surface area contributed by atoms with Gasteiger partial charge in [-0.25, -0.2) is 17.8 Å². The van der Waals surface area contributed by atoms with Crippen molar-refractivity contribution in [3.63, 3.8) is 0 Å². The number of hydrogen-bond acceptors (Lipinski definition) is 5. The van der Waals surface area contributed by atoms with E-state index in [-0.39, 0.29) is 10.7 Å². The van der Waals surface area contributed by atoms with Crippen LogP contribution in [0, 0.1) is 5.82 Å². The van der Waals surface area contributed by atoms with Crippen molar-refractivity contribution in [2.75, 3.05) is 26.7 Å². The highest BCUT2D eigenvalue weighted by molar-refractivity contribution is 7.89. The molecule has 1 aliphatic heterocycles. The van der Waals surface area contributed by atoms with E-state index in [2.05, 4.69) is 10.3 Å². The quantitative estimate of drug-likeness (QED) is 0.905. The van der Waals surface area contributed by atoms with Gasteiger partial charge in [-0.3, -0.25) is 0 Å². The van der Waals surface area contributed by atoms with E-state index in [1.54, 1.807) is 12.1 Å². The molecular weight excluding hydrogens is 333 g/mol. The van der Waals surface area contributed by atoms with Gasteiger partial charge in [-0.2, -0.15) is 4.31 Å². The Morgan fingerprint density at radius 3 is 2.83 bits per heavy atom. The Morgan fingerprint density at radius 1 is 1.33 bits per heavy atom. The molecule has 0 saturated carbocycles. The number of pyridine rings is 1. The fraction of sp³-hybridized carbons (Fsp3) is 0.312. The van der Waals surface area contributed by atoms with Gasteiger partial charge in [0.2, 0.25) is 15.9 Å². The predicted octanol–water partition coefficient (Wildman–Crippen LogP) is 1.56. The van der Waals surface area contributed by atoms with E-state index >= 15 is 0 Å². The van der Waals surface area contributed by atoms with Gasteiger partial charge in [0.05, 0.1) is 19.3 Å². The summed E-state index contributed by atoms with van der Waals surface area (Å²) < 4.78 is 45.8. The van der Waals surface area contributed by atoms with Crippen LogP contribution in [0.2, 0.25) is 0 Å². The molecule has 6 nitrogen and oxygen atoms in total. The number of nitrogens with one attached hydrogen (secondary N) is 1. The molecule has 0 aliphatic carbocycles. The number of benzene rings is 1. The van der Waals surface area contributed by atoms with Crippen molar-refractivity contribution in [2.24, 2.45) is 0 Å². The number of sulfonamides is 1. The van der Waals surface area contributed by atoms with Crippen LogP contribution in [0.15, 0.2) is 47.5 Å². The van der Waals surface area contributed by atoms with Crippen LogP contribution in [-0.4, -0.2) is 44.5 Å². The summed E-state index contributed by atoms with van der Waals surface area (Å²) in [4.78, 5) is 4.06. The number of ether oxygens (including phenoxy) is 1. The molecule has 0 amide bonds. The summed E-state index contributed by atoms with van der Waals surface area (Å²) >= 11 is 0. The maximum Gasteiger partial charge on any atom is 0.245 e. The van der Waals surface area contributed by atoms with Crippen LogP contribution in [0.5, 0.6) is 5.88 Å². The van der Waals surface area contributed by atoms with E-state index in [0.29, 0.717) is 31.1 Å². The highest BCUT2D eigenvalue weighted by atomic mass is 32.2. The maximum atomic E-state index is 13.5. The average molecular weight is 351 g/mol. The molecule has 1 aliphatic rings. The van der Waals surface area contributed by atoms with Crippen molar-refractivity contribution >= 4 is 10.0 Å². The molecule has 2 heterocycles. The van der Waals surface area contributed by atoms with Gasteiger partial charge in [0.1, 0.15) is 10.7 Å². The van der Waals surface area contributed by atoms with Gasteiger partial charge in [-0.15, -0.1) is 0 Å². The zero-order chi connectivity index (χ0) is 17.2. The van der Waals surface area contributed by atoms with Crippen molar-refractivity contribution in [1.82, 2.24) is 14.6 Å². The molecule has 0 spiro atoms. The Bertz CT molecular complexity index is 812. The molecule has 8 heteroatoms. The first-order chi connectivity index (χ1) is 11.5. The summed E-state index contributed by atoms with van der Waals surface area (Å²) in [6, 6.07) is 8.52. The minimum absolute atomic E-state index is 0.0894. The van der Waals surface area contributed by atoms with Crippen LogP contribution >= 0.6 is 0 Å². The Morgan fingerprint density at radius 2 is 2.17 bits per heavy atom. The zero-order valence-electron chi connectivity index (χ0n) is 13.1. The molecule has 3 rings (SSSR count). The lowest BCUT2D eigenvalue weighted by Crippen LogP contribution is -2.48. The van der Waals surface area contributed by atoms with Gasteiger partial charge >= 0.3 is 0 Å². The second-order valence-electron chi connectivity index (χ2n) is 5.43. The van der Waals surface area contributed by atoms with E-state index in [1.807, 2.05) is 0 Å². The van der Waals surface area contributed by atoms with Crippen molar-refractivity contribution in [3.8, 4) is 5.88 Å². The van der Waals surface area contributed by atoms with Crippen LogP contribution in [-0.2, 0) is 10.0 Å². The SMILES string of the molecule is COc1ccc(S(=O)(=O)N2CCNCC2c2cccc(F)c2)cn1. The molecule has 1 unspecified atom stereocenters. The molecule has 1 aromatic carbocycles. The monoisotopic (exact) mass is 351 g/mol. The second-order valence-corrected chi connectivity index (χ2v) is 7.32. The number of methoxy groups -OCH3 is 1. The van der Waals surface area contributed by atoms with E-state index in [4.69, 9.17) is 4.74 Å². The first-order valence-electron chi connectivity index (χ1n) is 7.50. The standard InChI is InChI=1S/C16H18FN3O3S/c1-23-16-6-5-14(10-19-16)24(21,22)20-8-7-18-11-15(20)12-3-2-4-13(17)9-12/h2-6,9-10,15,18H,7-8,11H2,1H3. The van der Waals surface area contributed by atoms with E-state index in [9.17, 15) is 12.8 Å². The average Bonchev–Trinajstić information content (AvgIpc) is 2.62. The van der Waals surface area contributed by atoms with Crippen molar-refractivity contribution in [3.05, 3.63) is 54.0 Å². The molecule has 1 atom stereocenters. The molecule has 1 N–H and O–H groups in total. The molecule has 1 aromatic heterocycles. The fourth-order valence-corrected chi connectivity index (χ4v) is 4.31. The Hall–Kier alpha value is -2.03. The number of piperazine rings is 1. The summed E-state index contributed by atoms with van der Waals surface area (Å²) in [7, 11) is -2.28. The molecule has 1 fully saturated rings. The third-order valence-corrected chi connectivity index (χ3v) is 5.84. The van der Waals surface area contributed by atoms with Crippen molar-refractivity contribution < 1.29 is 17.5 Å². The minimum atomic E-state index is -3.74. The van der Waals surface area contributed by atoms with Gasteiger partial charge < -0.3 is 10.1 Å². The first-order valence-corrected chi connectivity index (χ1v) is 8.94. The van der Waals surface area contributed by atoms with E-state index in [0.717, 1.165) is 0 Å². The summed E-state index contributed by atoms with van der Waals surface area (Å²) in [6.07, 6.45) is 1.28. The Kier molecular flexibility index (Phi) is 4.79. The number of aromatic nitrogens is 1. The molecule has 24 heavy (non-hydrogen) atoms. The van der Waals surface area contributed by atoms with Crippen molar-refractivity contribution in [1.29, 1.82) is 0 Å². The summed E-state index contributed by atoms with van der Waals surface area (Å²) in [5, 5.41) is 3.16.